The van der Waals surface area contributed by atoms with E-state index in [-0.39, 0.29) is 12.7 Å². The van der Waals surface area contributed by atoms with E-state index in [1.807, 2.05) is 25.1 Å². The molecule has 0 fully saturated rings. The Morgan fingerprint density at radius 2 is 2.29 bits per heavy atom. The third-order valence-corrected chi connectivity index (χ3v) is 4.19. The first-order valence-electron chi connectivity index (χ1n) is 6.50. The summed E-state index contributed by atoms with van der Waals surface area (Å²) in [6.45, 7) is 2.42. The van der Waals surface area contributed by atoms with E-state index in [0.717, 1.165) is 16.3 Å². The number of amides is 1. The van der Waals surface area contributed by atoms with Crippen LogP contribution in [0.3, 0.4) is 0 Å². The minimum absolute atomic E-state index is 0.151. The maximum absolute atomic E-state index is 12.3. The number of carbonyl (C=O) groups excluding carboxylic acids is 1. The molecular formula is C14H15N3O3S. The van der Waals surface area contributed by atoms with Crippen LogP contribution in [0.2, 0.25) is 0 Å². The van der Waals surface area contributed by atoms with Crippen molar-refractivity contribution in [1.82, 2.24) is 9.69 Å². The largest absolute Gasteiger partial charge is 0.454 e. The van der Waals surface area contributed by atoms with Crippen molar-refractivity contribution in [3.05, 3.63) is 35.0 Å². The van der Waals surface area contributed by atoms with Crippen molar-refractivity contribution >= 4 is 22.4 Å². The van der Waals surface area contributed by atoms with Crippen molar-refractivity contribution < 1.29 is 14.3 Å². The maximum atomic E-state index is 12.3. The molecule has 0 saturated carbocycles. The van der Waals surface area contributed by atoms with Crippen LogP contribution in [-0.2, 0) is 6.54 Å². The van der Waals surface area contributed by atoms with E-state index in [2.05, 4.69) is 15.0 Å². The van der Waals surface area contributed by atoms with Crippen LogP contribution in [0.15, 0.2) is 18.2 Å². The highest BCUT2D eigenvalue weighted by atomic mass is 32.1. The first-order chi connectivity index (χ1) is 10.2. The Labute approximate surface area is 126 Å². The molecule has 1 aromatic heterocycles. The van der Waals surface area contributed by atoms with Gasteiger partial charge in [0.1, 0.15) is 5.00 Å². The highest BCUT2D eigenvalue weighted by Gasteiger charge is 2.20. The molecule has 2 aromatic rings. The summed E-state index contributed by atoms with van der Waals surface area (Å²) in [5, 5.41) is 6.65. The third kappa shape index (κ3) is 2.52. The standard InChI is InChI=1S/C14H15N3O3S/c1-8-11(14(15-2)21-17-8)13(18)16-6-9-4-3-5-10-12(9)20-7-19-10/h3-5,15H,6-7H2,1-2H3,(H,16,18). The van der Waals surface area contributed by atoms with Gasteiger partial charge in [0.15, 0.2) is 11.5 Å². The lowest BCUT2D eigenvalue weighted by molar-refractivity contribution is 0.0951. The van der Waals surface area contributed by atoms with Crippen molar-refractivity contribution in [2.24, 2.45) is 0 Å². The van der Waals surface area contributed by atoms with Gasteiger partial charge in [0.2, 0.25) is 6.79 Å². The van der Waals surface area contributed by atoms with E-state index in [4.69, 9.17) is 9.47 Å². The number of nitrogens with one attached hydrogen (secondary N) is 2. The van der Waals surface area contributed by atoms with Gasteiger partial charge in [0, 0.05) is 19.2 Å². The van der Waals surface area contributed by atoms with Crippen LogP contribution in [0.5, 0.6) is 11.5 Å². The fourth-order valence-corrected chi connectivity index (χ4v) is 2.94. The van der Waals surface area contributed by atoms with Gasteiger partial charge in [0.05, 0.1) is 11.3 Å². The average molecular weight is 305 g/mol. The quantitative estimate of drug-likeness (QED) is 0.905. The number of ether oxygens (including phenoxy) is 2. The molecule has 110 valence electrons. The summed E-state index contributed by atoms with van der Waals surface area (Å²) in [5.41, 5.74) is 2.21. The van der Waals surface area contributed by atoms with Gasteiger partial charge in [-0.3, -0.25) is 4.79 Å². The van der Waals surface area contributed by atoms with Crippen molar-refractivity contribution in [3.63, 3.8) is 0 Å². The van der Waals surface area contributed by atoms with Gasteiger partial charge in [-0.15, -0.1) is 0 Å². The molecule has 0 spiro atoms. The number of fused-ring (bicyclic) bond motifs is 1. The Hall–Kier alpha value is -2.28. The second-order valence-corrected chi connectivity index (χ2v) is 5.33. The number of aryl methyl sites for hydroxylation is 1. The Morgan fingerprint density at radius 1 is 1.43 bits per heavy atom. The van der Waals surface area contributed by atoms with Gasteiger partial charge in [-0.25, -0.2) is 0 Å². The lowest BCUT2D eigenvalue weighted by Gasteiger charge is -2.08. The Morgan fingerprint density at radius 3 is 3.10 bits per heavy atom. The molecule has 0 radical (unpaired) electrons. The van der Waals surface area contributed by atoms with Crippen molar-refractivity contribution in [3.8, 4) is 11.5 Å². The molecule has 7 heteroatoms. The summed E-state index contributed by atoms with van der Waals surface area (Å²) < 4.78 is 14.9. The summed E-state index contributed by atoms with van der Waals surface area (Å²) in [7, 11) is 1.78. The molecule has 0 unspecified atom stereocenters. The van der Waals surface area contributed by atoms with Crippen LogP contribution in [0.1, 0.15) is 21.6 Å². The number of nitrogens with zero attached hydrogens (tertiary/aromatic N) is 1. The minimum atomic E-state index is -0.151. The fourth-order valence-electron chi connectivity index (χ4n) is 2.20. The molecule has 21 heavy (non-hydrogen) atoms. The second-order valence-electron chi connectivity index (χ2n) is 4.56. The van der Waals surface area contributed by atoms with E-state index in [0.29, 0.717) is 23.6 Å². The van der Waals surface area contributed by atoms with E-state index < -0.39 is 0 Å². The number of carbonyl (C=O) groups is 1. The minimum Gasteiger partial charge on any atom is -0.454 e. The molecule has 2 N–H and O–H groups in total. The van der Waals surface area contributed by atoms with E-state index >= 15 is 0 Å². The number of hydrogen-bond acceptors (Lipinski definition) is 6. The SMILES string of the molecule is CNc1snc(C)c1C(=O)NCc1cccc2c1OCO2. The highest BCUT2D eigenvalue weighted by molar-refractivity contribution is 7.10. The number of aromatic nitrogens is 1. The Kier molecular flexibility index (Phi) is 3.66. The zero-order valence-electron chi connectivity index (χ0n) is 11.7. The van der Waals surface area contributed by atoms with Gasteiger partial charge in [-0.1, -0.05) is 12.1 Å². The molecular weight excluding hydrogens is 290 g/mol. The number of rotatable bonds is 4. The van der Waals surface area contributed by atoms with Crippen molar-refractivity contribution in [1.29, 1.82) is 0 Å². The molecule has 0 bridgehead atoms. The number of hydrogen-bond donors (Lipinski definition) is 2. The summed E-state index contributed by atoms with van der Waals surface area (Å²) in [4.78, 5) is 12.3. The number of anilines is 1. The predicted molar refractivity (Wildman–Crippen MR) is 80.1 cm³/mol. The monoisotopic (exact) mass is 305 g/mol. The van der Waals surface area contributed by atoms with Crippen LogP contribution in [0.25, 0.3) is 0 Å². The summed E-state index contributed by atoms with van der Waals surface area (Å²) >= 11 is 1.28. The van der Waals surface area contributed by atoms with Crippen molar-refractivity contribution in [2.45, 2.75) is 13.5 Å². The Balaban J connectivity index is 1.75. The van der Waals surface area contributed by atoms with E-state index in [9.17, 15) is 4.79 Å². The maximum Gasteiger partial charge on any atom is 0.256 e. The molecule has 1 aromatic carbocycles. The van der Waals surface area contributed by atoms with E-state index in [1.165, 1.54) is 11.5 Å². The molecule has 6 nitrogen and oxygen atoms in total. The van der Waals surface area contributed by atoms with E-state index in [1.54, 1.807) is 7.05 Å². The third-order valence-electron chi connectivity index (χ3n) is 3.23. The molecule has 0 atom stereocenters. The first-order valence-corrected chi connectivity index (χ1v) is 7.27. The molecule has 2 heterocycles. The predicted octanol–water partition coefficient (Wildman–Crippen LogP) is 2.15. The lowest BCUT2D eigenvalue weighted by Crippen LogP contribution is -2.24. The van der Waals surface area contributed by atoms with Gasteiger partial charge in [0.25, 0.3) is 5.91 Å². The number of para-hydroxylation sites is 1. The van der Waals surface area contributed by atoms with Crippen LogP contribution in [-0.4, -0.2) is 24.1 Å². The average Bonchev–Trinajstić information content (AvgIpc) is 3.10. The summed E-state index contributed by atoms with van der Waals surface area (Å²) in [5.74, 6) is 1.26. The van der Waals surface area contributed by atoms with Crippen molar-refractivity contribution in [2.75, 3.05) is 19.2 Å². The van der Waals surface area contributed by atoms with Gasteiger partial charge < -0.3 is 20.1 Å². The summed E-state index contributed by atoms with van der Waals surface area (Å²) in [6.07, 6.45) is 0. The molecule has 3 rings (SSSR count). The topological polar surface area (TPSA) is 72.5 Å². The van der Waals surface area contributed by atoms with Crippen LogP contribution in [0.4, 0.5) is 5.00 Å². The fraction of sp³-hybridized carbons (Fsp3) is 0.286. The van der Waals surface area contributed by atoms with Gasteiger partial charge in [-0.2, -0.15) is 4.37 Å². The zero-order chi connectivity index (χ0) is 14.8. The van der Waals surface area contributed by atoms with Crippen LogP contribution < -0.4 is 20.1 Å². The van der Waals surface area contributed by atoms with Gasteiger partial charge in [-0.05, 0) is 24.5 Å². The molecule has 0 saturated heterocycles. The van der Waals surface area contributed by atoms with Crippen LogP contribution in [0, 0.1) is 6.92 Å². The first kappa shape index (κ1) is 13.7. The molecule has 0 aliphatic carbocycles. The van der Waals surface area contributed by atoms with Crippen LogP contribution >= 0.6 is 11.5 Å². The molecule has 1 aliphatic rings. The normalized spacial score (nSPS) is 12.3. The van der Waals surface area contributed by atoms with Gasteiger partial charge >= 0.3 is 0 Å². The Bertz CT molecular complexity index is 684. The molecule has 1 aliphatic heterocycles. The summed E-state index contributed by atoms with van der Waals surface area (Å²) in [6, 6.07) is 5.64. The second kappa shape index (κ2) is 5.61. The lowest BCUT2D eigenvalue weighted by atomic mass is 10.1. The number of benzene rings is 1. The molecule has 1 amide bonds. The zero-order valence-corrected chi connectivity index (χ0v) is 12.5. The smallest absolute Gasteiger partial charge is 0.256 e. The highest BCUT2D eigenvalue weighted by Crippen LogP contribution is 2.35.